The second-order valence-electron chi connectivity index (χ2n) is 3.58. The maximum atomic E-state index is 8.71. The molecule has 1 aromatic heterocycles. The molecule has 0 unspecified atom stereocenters. The van der Waals surface area contributed by atoms with Crippen molar-refractivity contribution in [3.8, 4) is 17.3 Å². The molecule has 1 aromatic carbocycles. The van der Waals surface area contributed by atoms with Gasteiger partial charge in [-0.2, -0.15) is 5.26 Å². The molecule has 0 atom stereocenters. The molecule has 0 saturated heterocycles. The van der Waals surface area contributed by atoms with Crippen LogP contribution in [0.3, 0.4) is 0 Å². The quantitative estimate of drug-likeness (QED) is 0.800. The number of pyridine rings is 1. The Morgan fingerprint density at radius 1 is 1.06 bits per heavy atom. The van der Waals surface area contributed by atoms with Crippen LogP contribution in [0.15, 0.2) is 30.3 Å². The molecule has 5 heteroatoms. The monoisotopic (exact) mass is 296 g/mol. The van der Waals surface area contributed by atoms with Crippen LogP contribution in [0.5, 0.6) is 0 Å². The Morgan fingerprint density at radius 3 is 2.50 bits per heavy atom. The molecule has 2 aromatic rings. The summed E-state index contributed by atoms with van der Waals surface area (Å²) >= 11 is 18.0. The first-order valence-electron chi connectivity index (χ1n) is 5.09. The number of hydrogen-bond acceptors (Lipinski definition) is 2. The van der Waals surface area contributed by atoms with E-state index in [1.165, 1.54) is 0 Å². The Kier molecular flexibility index (Phi) is 4.08. The van der Waals surface area contributed by atoms with Crippen LogP contribution >= 0.6 is 34.8 Å². The third-order valence-corrected chi connectivity index (χ3v) is 3.28. The van der Waals surface area contributed by atoms with Crippen LogP contribution in [-0.4, -0.2) is 4.98 Å². The van der Waals surface area contributed by atoms with Gasteiger partial charge in [0.15, 0.2) is 0 Å². The highest BCUT2D eigenvalue weighted by Gasteiger charge is 2.09. The third-order valence-electron chi connectivity index (χ3n) is 2.37. The van der Waals surface area contributed by atoms with Gasteiger partial charge in [-0.25, -0.2) is 0 Å². The fraction of sp³-hybridized carbons (Fsp3) is 0.0769. The lowest BCUT2D eigenvalue weighted by atomic mass is 10.1. The molecule has 0 amide bonds. The van der Waals surface area contributed by atoms with Crippen LogP contribution in [0.4, 0.5) is 0 Å². The average molecular weight is 298 g/mol. The van der Waals surface area contributed by atoms with Gasteiger partial charge in [0.25, 0.3) is 0 Å². The van der Waals surface area contributed by atoms with Crippen molar-refractivity contribution in [1.82, 2.24) is 4.98 Å². The molecule has 0 aliphatic rings. The lowest BCUT2D eigenvalue weighted by Crippen LogP contribution is -1.93. The van der Waals surface area contributed by atoms with E-state index in [-0.39, 0.29) is 6.42 Å². The summed E-state index contributed by atoms with van der Waals surface area (Å²) < 4.78 is 0. The number of nitriles is 1. The maximum Gasteiger partial charge on any atom is 0.0790 e. The highest BCUT2D eigenvalue weighted by molar-refractivity contribution is 6.35. The second-order valence-corrected chi connectivity index (χ2v) is 4.83. The molecule has 0 bridgehead atoms. The van der Waals surface area contributed by atoms with Gasteiger partial charge in [-0.3, -0.25) is 4.98 Å². The standard InChI is InChI=1S/C13H7Cl3N2/c14-8-1-2-10(15)9(7-8)12-4-3-11(16)13(18-12)5-6-17/h1-4,7H,5H2. The van der Waals surface area contributed by atoms with E-state index in [4.69, 9.17) is 40.1 Å². The predicted molar refractivity (Wildman–Crippen MR) is 74.0 cm³/mol. The Bertz CT molecular complexity index is 633. The second kappa shape index (κ2) is 5.58. The third kappa shape index (κ3) is 2.76. The van der Waals surface area contributed by atoms with Crippen molar-refractivity contribution in [3.63, 3.8) is 0 Å². The Labute approximate surface area is 120 Å². The lowest BCUT2D eigenvalue weighted by molar-refractivity contribution is 1.12. The topological polar surface area (TPSA) is 36.7 Å². The normalized spacial score (nSPS) is 10.1. The van der Waals surface area contributed by atoms with Gasteiger partial charge < -0.3 is 0 Å². The zero-order valence-electron chi connectivity index (χ0n) is 9.12. The molecule has 0 spiro atoms. The van der Waals surface area contributed by atoms with Gasteiger partial charge in [-0.1, -0.05) is 34.8 Å². The number of halogens is 3. The molecule has 0 aliphatic heterocycles. The van der Waals surface area contributed by atoms with Crippen molar-refractivity contribution in [2.75, 3.05) is 0 Å². The van der Waals surface area contributed by atoms with Crippen LogP contribution in [0.2, 0.25) is 15.1 Å². The Hall–Kier alpha value is -1.27. The Morgan fingerprint density at radius 2 is 1.78 bits per heavy atom. The number of benzene rings is 1. The van der Waals surface area contributed by atoms with E-state index in [9.17, 15) is 0 Å². The van der Waals surface area contributed by atoms with Gasteiger partial charge in [0.05, 0.1) is 33.9 Å². The summed E-state index contributed by atoms with van der Waals surface area (Å²) in [5, 5.41) is 10.3. The SMILES string of the molecule is N#CCc1nc(-c2cc(Cl)ccc2Cl)ccc1Cl. The highest BCUT2D eigenvalue weighted by Crippen LogP contribution is 2.30. The fourth-order valence-electron chi connectivity index (χ4n) is 1.53. The molecule has 2 nitrogen and oxygen atoms in total. The van der Waals surface area contributed by atoms with Crippen molar-refractivity contribution in [1.29, 1.82) is 5.26 Å². The first-order valence-corrected chi connectivity index (χ1v) is 6.23. The highest BCUT2D eigenvalue weighted by atomic mass is 35.5. The van der Waals surface area contributed by atoms with Gasteiger partial charge in [0.2, 0.25) is 0 Å². The lowest BCUT2D eigenvalue weighted by Gasteiger charge is -2.07. The van der Waals surface area contributed by atoms with E-state index in [1.807, 2.05) is 6.07 Å². The summed E-state index contributed by atoms with van der Waals surface area (Å²) in [4.78, 5) is 4.34. The average Bonchev–Trinajstić information content (AvgIpc) is 2.35. The van der Waals surface area contributed by atoms with Crippen molar-refractivity contribution < 1.29 is 0 Å². The van der Waals surface area contributed by atoms with Gasteiger partial charge in [0.1, 0.15) is 0 Å². The van der Waals surface area contributed by atoms with Crippen LogP contribution < -0.4 is 0 Å². The summed E-state index contributed by atoms with van der Waals surface area (Å²) in [7, 11) is 0. The number of nitrogens with zero attached hydrogens (tertiary/aromatic N) is 2. The summed E-state index contributed by atoms with van der Waals surface area (Å²) in [6, 6.07) is 10.6. The molecule has 0 fully saturated rings. The smallest absolute Gasteiger partial charge is 0.0790 e. The van der Waals surface area contributed by atoms with Gasteiger partial charge in [-0.15, -0.1) is 0 Å². The minimum absolute atomic E-state index is 0.158. The molecule has 90 valence electrons. The van der Waals surface area contributed by atoms with Gasteiger partial charge >= 0.3 is 0 Å². The Balaban J connectivity index is 2.54. The summed E-state index contributed by atoms with van der Waals surface area (Å²) in [5.74, 6) is 0. The number of rotatable bonds is 2. The van der Waals surface area contributed by atoms with Crippen LogP contribution in [0, 0.1) is 11.3 Å². The molecule has 0 radical (unpaired) electrons. The number of aromatic nitrogens is 1. The minimum Gasteiger partial charge on any atom is -0.250 e. The molecule has 0 aliphatic carbocycles. The molecule has 0 saturated carbocycles. The van der Waals surface area contributed by atoms with Crippen LogP contribution in [0.25, 0.3) is 11.3 Å². The molecule has 18 heavy (non-hydrogen) atoms. The van der Waals surface area contributed by atoms with Crippen molar-refractivity contribution >= 4 is 34.8 Å². The fourth-order valence-corrected chi connectivity index (χ4v) is 2.09. The van der Waals surface area contributed by atoms with E-state index in [0.29, 0.717) is 26.5 Å². The van der Waals surface area contributed by atoms with Gasteiger partial charge in [-0.05, 0) is 30.3 Å². The van der Waals surface area contributed by atoms with E-state index in [1.54, 1.807) is 30.3 Å². The minimum atomic E-state index is 0.158. The summed E-state index contributed by atoms with van der Waals surface area (Å²) in [5.41, 5.74) is 1.91. The molecule has 0 N–H and O–H groups in total. The van der Waals surface area contributed by atoms with E-state index in [0.717, 1.165) is 5.56 Å². The number of hydrogen-bond donors (Lipinski definition) is 0. The molecular formula is C13H7Cl3N2. The van der Waals surface area contributed by atoms with E-state index < -0.39 is 0 Å². The van der Waals surface area contributed by atoms with Gasteiger partial charge in [0, 0.05) is 10.6 Å². The van der Waals surface area contributed by atoms with Crippen molar-refractivity contribution in [2.45, 2.75) is 6.42 Å². The first kappa shape index (κ1) is 13.2. The molecule has 1 heterocycles. The molecule has 2 rings (SSSR count). The van der Waals surface area contributed by atoms with Crippen molar-refractivity contribution in [2.24, 2.45) is 0 Å². The largest absolute Gasteiger partial charge is 0.250 e. The summed E-state index contributed by atoms with van der Waals surface area (Å²) in [6.45, 7) is 0. The zero-order chi connectivity index (χ0) is 13.1. The maximum absolute atomic E-state index is 8.71. The first-order chi connectivity index (χ1) is 8.61. The van der Waals surface area contributed by atoms with Crippen molar-refractivity contribution in [3.05, 3.63) is 51.1 Å². The van der Waals surface area contributed by atoms with E-state index >= 15 is 0 Å². The van der Waals surface area contributed by atoms with E-state index in [2.05, 4.69) is 4.98 Å². The van der Waals surface area contributed by atoms with Crippen LogP contribution in [-0.2, 0) is 6.42 Å². The summed E-state index contributed by atoms with van der Waals surface area (Å²) in [6.07, 6.45) is 0.158. The molecular weight excluding hydrogens is 291 g/mol. The zero-order valence-corrected chi connectivity index (χ0v) is 11.4. The predicted octanol–water partition coefficient (Wildman–Crippen LogP) is 4.77. The van der Waals surface area contributed by atoms with Crippen LogP contribution in [0.1, 0.15) is 5.69 Å².